The average Bonchev–Trinajstić information content (AvgIpc) is 2.48. The van der Waals surface area contributed by atoms with Gasteiger partial charge >= 0.3 is 0 Å². The number of carbonyl (C=O) groups is 1. The monoisotopic (exact) mass is 276 g/mol. The van der Waals surface area contributed by atoms with E-state index in [4.69, 9.17) is 4.74 Å². The Labute approximate surface area is 120 Å². The lowest BCUT2D eigenvalue weighted by Gasteiger charge is -2.30. The van der Waals surface area contributed by atoms with E-state index in [2.05, 4.69) is 10.6 Å². The Bertz CT molecular complexity index is 465. The van der Waals surface area contributed by atoms with Gasteiger partial charge in [0, 0.05) is 18.2 Å². The van der Waals surface area contributed by atoms with Crippen LogP contribution in [-0.4, -0.2) is 32.1 Å². The number of nitrogens with one attached hydrogen (secondary N) is 2. The Balaban J connectivity index is 2.13. The molecule has 0 aromatic heterocycles. The highest BCUT2D eigenvalue weighted by molar-refractivity contribution is 5.88. The fourth-order valence-corrected chi connectivity index (χ4v) is 2.62. The van der Waals surface area contributed by atoms with Crippen molar-refractivity contribution in [2.75, 3.05) is 20.2 Å². The van der Waals surface area contributed by atoms with Crippen LogP contribution >= 0.6 is 0 Å². The number of benzene rings is 1. The van der Waals surface area contributed by atoms with E-state index in [0.717, 1.165) is 37.2 Å². The second-order valence-corrected chi connectivity index (χ2v) is 5.84. The zero-order chi connectivity index (χ0) is 14.6. The molecule has 20 heavy (non-hydrogen) atoms. The molecule has 1 heterocycles. The molecule has 1 saturated heterocycles. The van der Waals surface area contributed by atoms with E-state index < -0.39 is 5.41 Å². The predicted molar refractivity (Wildman–Crippen MR) is 80.1 cm³/mol. The summed E-state index contributed by atoms with van der Waals surface area (Å²) in [5.74, 6) is 0.810. The fourth-order valence-electron chi connectivity index (χ4n) is 2.62. The van der Waals surface area contributed by atoms with Crippen LogP contribution in [0.5, 0.6) is 5.75 Å². The van der Waals surface area contributed by atoms with Gasteiger partial charge in [-0.25, -0.2) is 0 Å². The lowest BCUT2D eigenvalue weighted by Crippen LogP contribution is -2.50. The molecule has 1 atom stereocenters. The van der Waals surface area contributed by atoms with Crippen LogP contribution in [0, 0.1) is 0 Å². The number of methoxy groups -OCH3 is 1. The van der Waals surface area contributed by atoms with Crippen LogP contribution in [-0.2, 0) is 10.2 Å². The maximum Gasteiger partial charge on any atom is 0.230 e. The van der Waals surface area contributed by atoms with Crippen LogP contribution in [0.4, 0.5) is 0 Å². The highest BCUT2D eigenvalue weighted by Crippen LogP contribution is 2.31. The van der Waals surface area contributed by atoms with Gasteiger partial charge in [0.05, 0.1) is 12.5 Å². The van der Waals surface area contributed by atoms with Crippen LogP contribution in [0.1, 0.15) is 32.3 Å². The second-order valence-electron chi connectivity index (χ2n) is 5.84. The zero-order valence-electron chi connectivity index (χ0n) is 12.5. The third-order valence-electron chi connectivity index (χ3n) is 3.98. The number of ether oxygens (including phenoxy) is 1. The van der Waals surface area contributed by atoms with Crippen LogP contribution in [0.15, 0.2) is 24.3 Å². The summed E-state index contributed by atoms with van der Waals surface area (Å²) in [7, 11) is 1.64. The lowest BCUT2D eigenvalue weighted by molar-refractivity contribution is -0.126. The summed E-state index contributed by atoms with van der Waals surface area (Å²) >= 11 is 0. The Morgan fingerprint density at radius 1 is 1.40 bits per heavy atom. The van der Waals surface area contributed by atoms with Crippen molar-refractivity contribution < 1.29 is 9.53 Å². The third kappa shape index (κ3) is 3.12. The Morgan fingerprint density at radius 3 is 2.80 bits per heavy atom. The molecular weight excluding hydrogens is 252 g/mol. The van der Waals surface area contributed by atoms with Crippen molar-refractivity contribution >= 4 is 5.91 Å². The van der Waals surface area contributed by atoms with Crippen molar-refractivity contribution in [3.63, 3.8) is 0 Å². The van der Waals surface area contributed by atoms with Gasteiger partial charge in [-0.15, -0.1) is 0 Å². The highest BCUT2D eigenvalue weighted by atomic mass is 16.5. The van der Waals surface area contributed by atoms with Crippen molar-refractivity contribution in [1.29, 1.82) is 0 Å². The molecule has 1 aromatic carbocycles. The summed E-state index contributed by atoms with van der Waals surface area (Å²) in [6.07, 6.45) is 2.15. The van der Waals surface area contributed by atoms with Crippen LogP contribution < -0.4 is 15.4 Å². The van der Waals surface area contributed by atoms with Gasteiger partial charge in [0.25, 0.3) is 0 Å². The van der Waals surface area contributed by atoms with E-state index in [-0.39, 0.29) is 11.9 Å². The first-order valence-corrected chi connectivity index (χ1v) is 7.21. The summed E-state index contributed by atoms with van der Waals surface area (Å²) in [5.41, 5.74) is 0.313. The van der Waals surface area contributed by atoms with Crippen molar-refractivity contribution in [3.8, 4) is 5.75 Å². The average molecular weight is 276 g/mol. The molecule has 1 fully saturated rings. The van der Waals surface area contributed by atoms with Crippen molar-refractivity contribution in [2.24, 2.45) is 0 Å². The number of hydrogen-bond donors (Lipinski definition) is 2. The Hall–Kier alpha value is -1.55. The first kappa shape index (κ1) is 14.9. The van der Waals surface area contributed by atoms with Crippen LogP contribution in [0.3, 0.4) is 0 Å². The minimum absolute atomic E-state index is 0.0516. The molecule has 0 aliphatic carbocycles. The molecule has 0 spiro atoms. The summed E-state index contributed by atoms with van der Waals surface area (Å²) in [5, 5.41) is 6.47. The van der Waals surface area contributed by atoms with Crippen molar-refractivity contribution in [3.05, 3.63) is 29.8 Å². The smallest absolute Gasteiger partial charge is 0.230 e. The topological polar surface area (TPSA) is 50.4 Å². The molecule has 0 unspecified atom stereocenters. The van der Waals surface area contributed by atoms with Gasteiger partial charge < -0.3 is 15.4 Å². The van der Waals surface area contributed by atoms with Crippen LogP contribution in [0.25, 0.3) is 0 Å². The predicted octanol–water partition coefficient (Wildman–Crippen LogP) is 1.84. The van der Waals surface area contributed by atoms with Gasteiger partial charge in [-0.3, -0.25) is 4.79 Å². The van der Waals surface area contributed by atoms with Gasteiger partial charge in [0.1, 0.15) is 5.75 Å². The first-order chi connectivity index (χ1) is 9.55. The molecule has 0 saturated carbocycles. The molecule has 0 bridgehead atoms. The molecule has 2 N–H and O–H groups in total. The molecule has 2 rings (SSSR count). The van der Waals surface area contributed by atoms with E-state index in [1.807, 2.05) is 38.1 Å². The normalized spacial score (nSPS) is 19.4. The second kappa shape index (κ2) is 6.27. The molecule has 1 aliphatic heterocycles. The summed E-state index contributed by atoms with van der Waals surface area (Å²) < 4.78 is 5.38. The number of rotatable bonds is 4. The first-order valence-electron chi connectivity index (χ1n) is 7.21. The minimum Gasteiger partial charge on any atom is -0.496 e. The summed E-state index contributed by atoms with van der Waals surface area (Å²) in [6, 6.07) is 7.94. The highest BCUT2D eigenvalue weighted by Gasteiger charge is 2.33. The maximum absolute atomic E-state index is 12.6. The summed E-state index contributed by atoms with van der Waals surface area (Å²) in [4.78, 5) is 12.6. The molecule has 4 heteroatoms. The lowest BCUT2D eigenvalue weighted by atomic mass is 9.82. The molecular formula is C16H24N2O2. The molecule has 1 aliphatic rings. The molecule has 1 amide bonds. The number of amides is 1. The van der Waals surface area contributed by atoms with Gasteiger partial charge in [0.2, 0.25) is 5.91 Å². The standard InChI is InChI=1S/C16H24N2O2/c1-16(2,13-8-4-5-9-14(13)20-3)15(19)18-12-7-6-10-17-11-12/h4-5,8-9,12,17H,6-7,10-11H2,1-3H3,(H,18,19)/t12-/m0/s1. The van der Waals surface area contributed by atoms with E-state index in [0.29, 0.717) is 0 Å². The molecule has 0 radical (unpaired) electrons. The van der Waals surface area contributed by atoms with Gasteiger partial charge in [0.15, 0.2) is 0 Å². The quantitative estimate of drug-likeness (QED) is 0.882. The van der Waals surface area contributed by atoms with Gasteiger partial charge in [-0.2, -0.15) is 0 Å². The zero-order valence-corrected chi connectivity index (χ0v) is 12.5. The van der Waals surface area contributed by atoms with Crippen molar-refractivity contribution in [1.82, 2.24) is 10.6 Å². The van der Waals surface area contributed by atoms with E-state index in [1.54, 1.807) is 7.11 Å². The maximum atomic E-state index is 12.6. The minimum atomic E-state index is -0.607. The largest absolute Gasteiger partial charge is 0.496 e. The molecule has 110 valence electrons. The van der Waals surface area contributed by atoms with E-state index in [1.165, 1.54) is 0 Å². The van der Waals surface area contributed by atoms with E-state index >= 15 is 0 Å². The third-order valence-corrected chi connectivity index (χ3v) is 3.98. The SMILES string of the molecule is COc1ccccc1C(C)(C)C(=O)N[C@H]1CCCNC1. The number of carbonyl (C=O) groups excluding carboxylic acids is 1. The Kier molecular flexibility index (Phi) is 4.65. The number of para-hydroxylation sites is 1. The summed E-state index contributed by atoms with van der Waals surface area (Å²) in [6.45, 7) is 5.78. The number of piperidine rings is 1. The molecule has 4 nitrogen and oxygen atoms in total. The van der Waals surface area contributed by atoms with Gasteiger partial charge in [-0.1, -0.05) is 18.2 Å². The van der Waals surface area contributed by atoms with Crippen molar-refractivity contribution in [2.45, 2.75) is 38.1 Å². The van der Waals surface area contributed by atoms with E-state index in [9.17, 15) is 4.79 Å². The Morgan fingerprint density at radius 2 is 2.15 bits per heavy atom. The molecule has 1 aromatic rings. The fraction of sp³-hybridized carbons (Fsp3) is 0.562. The number of hydrogen-bond acceptors (Lipinski definition) is 3. The van der Waals surface area contributed by atoms with Gasteiger partial charge in [-0.05, 0) is 39.3 Å². The van der Waals surface area contributed by atoms with Crippen LogP contribution in [0.2, 0.25) is 0 Å².